The van der Waals surface area contributed by atoms with Crippen LogP contribution in [0.15, 0.2) is 30.5 Å². The second-order valence-corrected chi connectivity index (χ2v) is 5.92. The van der Waals surface area contributed by atoms with Crippen molar-refractivity contribution < 1.29 is 4.74 Å². The van der Waals surface area contributed by atoms with E-state index in [0.29, 0.717) is 11.1 Å². The second-order valence-electron chi connectivity index (χ2n) is 5.48. The van der Waals surface area contributed by atoms with E-state index in [1.165, 1.54) is 0 Å². The van der Waals surface area contributed by atoms with Crippen LogP contribution in [0.4, 0.5) is 0 Å². The van der Waals surface area contributed by atoms with E-state index in [0.717, 1.165) is 34.9 Å². The van der Waals surface area contributed by atoms with E-state index in [1.54, 1.807) is 0 Å². The molecule has 21 heavy (non-hydrogen) atoms. The van der Waals surface area contributed by atoms with Gasteiger partial charge in [-0.3, -0.25) is 4.98 Å². The lowest BCUT2D eigenvalue weighted by molar-refractivity contribution is 0.464. The molecule has 1 N–H and O–H groups in total. The summed E-state index contributed by atoms with van der Waals surface area (Å²) >= 11 is 5.99. The average molecular weight is 305 g/mol. The summed E-state index contributed by atoms with van der Waals surface area (Å²) in [5.41, 5.74) is 2.99. The van der Waals surface area contributed by atoms with E-state index in [9.17, 15) is 0 Å². The number of aromatic nitrogens is 1. The molecule has 0 saturated heterocycles. The molecular formula is C17H21ClN2O. The summed E-state index contributed by atoms with van der Waals surface area (Å²) in [7, 11) is 0. The van der Waals surface area contributed by atoms with Crippen LogP contribution in [0.1, 0.15) is 30.7 Å². The summed E-state index contributed by atoms with van der Waals surface area (Å²) in [5.74, 6) is 1.65. The molecule has 2 aromatic rings. The Morgan fingerprint density at radius 2 is 1.95 bits per heavy atom. The van der Waals surface area contributed by atoms with E-state index in [4.69, 9.17) is 16.3 Å². The summed E-state index contributed by atoms with van der Waals surface area (Å²) in [6.07, 6.45) is 1.87. The number of halogens is 1. The first-order chi connectivity index (χ1) is 9.95. The van der Waals surface area contributed by atoms with Crippen molar-refractivity contribution >= 4 is 11.6 Å². The Morgan fingerprint density at radius 3 is 2.62 bits per heavy atom. The molecule has 3 nitrogen and oxygen atoms in total. The largest absolute Gasteiger partial charge is 0.457 e. The van der Waals surface area contributed by atoms with Crippen molar-refractivity contribution in [3.63, 3.8) is 0 Å². The standard InChI is InChI=1S/C17H21ClN2O/c1-11(2)19-9-14-10-20-13(4)8-17(14)21-16-6-5-15(18)7-12(16)3/h5-8,10-11,19H,9H2,1-4H3. The average Bonchev–Trinajstić information content (AvgIpc) is 2.41. The fourth-order valence-electron chi connectivity index (χ4n) is 1.95. The number of rotatable bonds is 5. The summed E-state index contributed by atoms with van der Waals surface area (Å²) in [6.45, 7) is 8.91. The van der Waals surface area contributed by atoms with Crippen LogP contribution in [0.2, 0.25) is 5.02 Å². The third kappa shape index (κ3) is 4.45. The molecule has 0 amide bonds. The Bertz CT molecular complexity index is 626. The molecule has 0 bridgehead atoms. The van der Waals surface area contributed by atoms with Crippen molar-refractivity contribution in [1.82, 2.24) is 10.3 Å². The molecule has 0 aliphatic rings. The van der Waals surface area contributed by atoms with Gasteiger partial charge in [-0.1, -0.05) is 25.4 Å². The lowest BCUT2D eigenvalue weighted by atomic mass is 10.2. The second kappa shape index (κ2) is 6.92. The minimum absolute atomic E-state index is 0.413. The maximum atomic E-state index is 6.07. The summed E-state index contributed by atoms with van der Waals surface area (Å²) in [5, 5.41) is 4.11. The van der Waals surface area contributed by atoms with Crippen LogP contribution in [0, 0.1) is 13.8 Å². The third-order valence-corrected chi connectivity index (χ3v) is 3.37. The minimum Gasteiger partial charge on any atom is -0.457 e. The van der Waals surface area contributed by atoms with Gasteiger partial charge in [-0.2, -0.15) is 0 Å². The normalized spacial score (nSPS) is 11.0. The number of benzene rings is 1. The van der Waals surface area contributed by atoms with E-state index in [1.807, 2.05) is 44.3 Å². The van der Waals surface area contributed by atoms with Crippen LogP contribution in [-0.2, 0) is 6.54 Å². The first kappa shape index (κ1) is 15.8. The Morgan fingerprint density at radius 1 is 1.19 bits per heavy atom. The van der Waals surface area contributed by atoms with Gasteiger partial charge < -0.3 is 10.1 Å². The number of nitrogens with zero attached hydrogens (tertiary/aromatic N) is 1. The molecule has 0 fully saturated rings. The first-order valence-corrected chi connectivity index (χ1v) is 7.46. The molecular weight excluding hydrogens is 284 g/mol. The molecule has 1 aromatic heterocycles. The molecule has 4 heteroatoms. The number of hydrogen-bond acceptors (Lipinski definition) is 3. The predicted octanol–water partition coefficient (Wildman–Crippen LogP) is 4.64. The molecule has 0 atom stereocenters. The van der Waals surface area contributed by atoms with E-state index in [2.05, 4.69) is 24.1 Å². The fraction of sp³-hybridized carbons (Fsp3) is 0.353. The third-order valence-electron chi connectivity index (χ3n) is 3.14. The van der Waals surface area contributed by atoms with Crippen LogP contribution in [0.5, 0.6) is 11.5 Å². The zero-order valence-electron chi connectivity index (χ0n) is 12.9. The molecule has 1 aromatic carbocycles. The zero-order chi connectivity index (χ0) is 15.4. The van der Waals surface area contributed by atoms with Gasteiger partial charge >= 0.3 is 0 Å². The Labute approximate surface area is 131 Å². The molecule has 2 rings (SSSR count). The highest BCUT2D eigenvalue weighted by atomic mass is 35.5. The van der Waals surface area contributed by atoms with Gasteiger partial charge in [0.2, 0.25) is 0 Å². The van der Waals surface area contributed by atoms with Gasteiger partial charge in [0.25, 0.3) is 0 Å². The van der Waals surface area contributed by atoms with Crippen LogP contribution in [-0.4, -0.2) is 11.0 Å². The summed E-state index contributed by atoms with van der Waals surface area (Å²) < 4.78 is 6.07. The molecule has 0 radical (unpaired) electrons. The summed E-state index contributed by atoms with van der Waals surface area (Å²) in [4.78, 5) is 4.35. The monoisotopic (exact) mass is 304 g/mol. The molecule has 0 saturated carbocycles. The Kier molecular flexibility index (Phi) is 5.21. The van der Waals surface area contributed by atoms with Gasteiger partial charge in [0.15, 0.2) is 0 Å². The quantitative estimate of drug-likeness (QED) is 0.873. The van der Waals surface area contributed by atoms with Crippen LogP contribution in [0.25, 0.3) is 0 Å². The molecule has 0 aliphatic carbocycles. The number of nitrogens with one attached hydrogen (secondary N) is 1. The Hall–Kier alpha value is -1.58. The van der Waals surface area contributed by atoms with Gasteiger partial charge in [0.05, 0.1) is 0 Å². The van der Waals surface area contributed by atoms with E-state index in [-0.39, 0.29) is 0 Å². The zero-order valence-corrected chi connectivity index (χ0v) is 13.7. The highest BCUT2D eigenvalue weighted by Gasteiger charge is 2.09. The fourth-order valence-corrected chi connectivity index (χ4v) is 2.18. The van der Waals surface area contributed by atoms with Gasteiger partial charge in [0.1, 0.15) is 11.5 Å². The van der Waals surface area contributed by atoms with Gasteiger partial charge in [-0.25, -0.2) is 0 Å². The number of hydrogen-bond donors (Lipinski definition) is 1. The number of ether oxygens (including phenoxy) is 1. The lowest BCUT2D eigenvalue weighted by Gasteiger charge is -2.15. The highest BCUT2D eigenvalue weighted by Crippen LogP contribution is 2.29. The maximum Gasteiger partial charge on any atom is 0.135 e. The van der Waals surface area contributed by atoms with Crippen LogP contribution < -0.4 is 10.1 Å². The lowest BCUT2D eigenvalue weighted by Crippen LogP contribution is -2.22. The number of pyridine rings is 1. The summed E-state index contributed by atoms with van der Waals surface area (Å²) in [6, 6.07) is 8.01. The van der Waals surface area contributed by atoms with Gasteiger partial charge in [-0.15, -0.1) is 0 Å². The van der Waals surface area contributed by atoms with Crippen molar-refractivity contribution in [1.29, 1.82) is 0 Å². The van der Waals surface area contributed by atoms with Crippen molar-refractivity contribution in [3.05, 3.63) is 52.3 Å². The molecule has 0 spiro atoms. The first-order valence-electron chi connectivity index (χ1n) is 7.08. The molecule has 112 valence electrons. The van der Waals surface area contributed by atoms with Crippen molar-refractivity contribution in [2.75, 3.05) is 0 Å². The topological polar surface area (TPSA) is 34.1 Å². The van der Waals surface area contributed by atoms with Crippen LogP contribution in [0.3, 0.4) is 0 Å². The Balaban J connectivity index is 2.27. The predicted molar refractivity (Wildman–Crippen MR) is 87.2 cm³/mol. The molecule has 0 unspecified atom stereocenters. The van der Waals surface area contributed by atoms with Crippen LogP contribution >= 0.6 is 11.6 Å². The van der Waals surface area contributed by atoms with E-state index < -0.39 is 0 Å². The van der Waals surface area contributed by atoms with E-state index >= 15 is 0 Å². The van der Waals surface area contributed by atoms with Gasteiger partial charge in [-0.05, 0) is 37.6 Å². The number of aryl methyl sites for hydroxylation is 2. The van der Waals surface area contributed by atoms with Gasteiger partial charge in [0, 0.05) is 41.1 Å². The minimum atomic E-state index is 0.413. The highest BCUT2D eigenvalue weighted by molar-refractivity contribution is 6.30. The smallest absolute Gasteiger partial charge is 0.135 e. The van der Waals surface area contributed by atoms with Crippen molar-refractivity contribution in [3.8, 4) is 11.5 Å². The maximum absolute atomic E-state index is 6.07. The molecule has 1 heterocycles. The molecule has 0 aliphatic heterocycles. The van der Waals surface area contributed by atoms with Crippen molar-refractivity contribution in [2.24, 2.45) is 0 Å². The van der Waals surface area contributed by atoms with Crippen molar-refractivity contribution in [2.45, 2.75) is 40.3 Å². The SMILES string of the molecule is Cc1cc(Oc2ccc(Cl)cc2C)c(CNC(C)C)cn1.